The van der Waals surface area contributed by atoms with E-state index < -0.39 is 0 Å². The fraction of sp³-hybridized carbons (Fsp3) is 0.125. The Labute approximate surface area is 64.0 Å². The number of fused-ring (bicyclic) bond motifs is 1. The van der Waals surface area contributed by atoms with Crippen molar-refractivity contribution in [2.45, 2.75) is 0 Å². The van der Waals surface area contributed by atoms with Gasteiger partial charge in [-0.05, 0) is 12.1 Å². The zero-order valence-corrected chi connectivity index (χ0v) is 6.16. The maximum atomic E-state index is 5.03. The molecule has 56 valence electrons. The summed E-state index contributed by atoms with van der Waals surface area (Å²) in [6.45, 7) is 0. The molecular formula is C8H8N2O. The van der Waals surface area contributed by atoms with Gasteiger partial charge in [0.15, 0.2) is 5.58 Å². The molecule has 1 aromatic carbocycles. The van der Waals surface area contributed by atoms with Crippen molar-refractivity contribution in [3.05, 3.63) is 24.4 Å². The number of hydrogen-bond donors (Lipinski definition) is 1. The maximum absolute atomic E-state index is 5.03. The number of para-hydroxylation sites is 1. The molecule has 0 aliphatic rings. The molecule has 0 atom stereocenters. The number of aromatic nitrogens is 1. The normalized spacial score (nSPS) is 10.3. The second kappa shape index (κ2) is 2.27. The predicted octanol–water partition coefficient (Wildman–Crippen LogP) is 1.87. The van der Waals surface area contributed by atoms with Gasteiger partial charge in [0.1, 0.15) is 0 Å². The third-order valence-electron chi connectivity index (χ3n) is 1.65. The minimum Gasteiger partial charge on any atom is -0.385 e. The van der Waals surface area contributed by atoms with E-state index in [0.717, 1.165) is 16.7 Å². The zero-order valence-electron chi connectivity index (χ0n) is 6.16. The molecule has 0 radical (unpaired) electrons. The van der Waals surface area contributed by atoms with Gasteiger partial charge in [0.25, 0.3) is 0 Å². The Kier molecular flexibility index (Phi) is 1.28. The number of rotatable bonds is 1. The minimum atomic E-state index is 0.815. The van der Waals surface area contributed by atoms with Crippen molar-refractivity contribution in [3.8, 4) is 0 Å². The van der Waals surface area contributed by atoms with Crippen molar-refractivity contribution in [2.75, 3.05) is 12.4 Å². The Morgan fingerprint density at radius 2 is 2.36 bits per heavy atom. The van der Waals surface area contributed by atoms with Gasteiger partial charge in [-0.1, -0.05) is 11.2 Å². The second-order valence-corrected chi connectivity index (χ2v) is 2.30. The van der Waals surface area contributed by atoms with E-state index in [1.54, 1.807) is 6.20 Å². The van der Waals surface area contributed by atoms with Crippen LogP contribution in [0.2, 0.25) is 0 Å². The molecule has 0 saturated carbocycles. The first-order valence-corrected chi connectivity index (χ1v) is 3.43. The van der Waals surface area contributed by atoms with Gasteiger partial charge in [0, 0.05) is 12.4 Å². The van der Waals surface area contributed by atoms with E-state index in [-0.39, 0.29) is 0 Å². The van der Waals surface area contributed by atoms with Crippen LogP contribution in [0.25, 0.3) is 11.0 Å². The van der Waals surface area contributed by atoms with E-state index >= 15 is 0 Å². The zero-order chi connectivity index (χ0) is 7.68. The Morgan fingerprint density at radius 3 is 3.18 bits per heavy atom. The van der Waals surface area contributed by atoms with Crippen molar-refractivity contribution < 1.29 is 4.52 Å². The monoisotopic (exact) mass is 148 g/mol. The molecule has 1 heterocycles. The second-order valence-electron chi connectivity index (χ2n) is 2.30. The highest BCUT2D eigenvalue weighted by Gasteiger charge is 2.01. The first kappa shape index (κ1) is 6.22. The summed E-state index contributed by atoms with van der Waals surface area (Å²) < 4.78 is 5.03. The van der Waals surface area contributed by atoms with E-state index in [2.05, 4.69) is 10.5 Å². The van der Waals surface area contributed by atoms with Gasteiger partial charge in [0.2, 0.25) is 0 Å². The molecule has 0 bridgehead atoms. The quantitative estimate of drug-likeness (QED) is 0.670. The topological polar surface area (TPSA) is 38.1 Å². The van der Waals surface area contributed by atoms with Gasteiger partial charge in [-0.3, -0.25) is 0 Å². The van der Waals surface area contributed by atoms with Gasteiger partial charge in [-0.2, -0.15) is 0 Å². The van der Waals surface area contributed by atoms with Crippen molar-refractivity contribution in [3.63, 3.8) is 0 Å². The lowest BCUT2D eigenvalue weighted by Crippen LogP contribution is -1.86. The molecule has 1 aromatic heterocycles. The van der Waals surface area contributed by atoms with Gasteiger partial charge < -0.3 is 9.84 Å². The van der Waals surface area contributed by atoms with Crippen molar-refractivity contribution >= 4 is 16.7 Å². The summed E-state index contributed by atoms with van der Waals surface area (Å²) in [6.07, 6.45) is 1.70. The molecule has 0 aliphatic heterocycles. The molecule has 0 spiro atoms. The van der Waals surface area contributed by atoms with E-state index in [0.29, 0.717) is 0 Å². The maximum Gasteiger partial charge on any atom is 0.189 e. The smallest absolute Gasteiger partial charge is 0.189 e. The van der Waals surface area contributed by atoms with Crippen LogP contribution in [0.4, 0.5) is 5.69 Å². The average Bonchev–Trinajstić information content (AvgIpc) is 2.50. The minimum absolute atomic E-state index is 0.815. The molecule has 0 amide bonds. The summed E-state index contributed by atoms with van der Waals surface area (Å²) in [5.74, 6) is 0. The van der Waals surface area contributed by atoms with Gasteiger partial charge in [0.05, 0.1) is 11.9 Å². The summed E-state index contributed by atoms with van der Waals surface area (Å²) in [5.41, 5.74) is 1.79. The van der Waals surface area contributed by atoms with E-state index in [9.17, 15) is 0 Å². The molecule has 0 saturated heterocycles. The lowest BCUT2D eigenvalue weighted by atomic mass is 10.2. The lowest BCUT2D eigenvalue weighted by Gasteiger charge is -1.96. The average molecular weight is 148 g/mol. The molecule has 11 heavy (non-hydrogen) atoms. The summed E-state index contributed by atoms with van der Waals surface area (Å²) in [6, 6.07) is 5.88. The summed E-state index contributed by atoms with van der Waals surface area (Å²) >= 11 is 0. The Bertz CT molecular complexity index is 367. The third-order valence-corrected chi connectivity index (χ3v) is 1.65. The molecule has 1 N–H and O–H groups in total. The lowest BCUT2D eigenvalue weighted by molar-refractivity contribution is 0.457. The van der Waals surface area contributed by atoms with E-state index in [1.165, 1.54) is 0 Å². The van der Waals surface area contributed by atoms with Crippen LogP contribution >= 0.6 is 0 Å². The number of nitrogens with zero attached hydrogens (tertiary/aromatic N) is 1. The highest BCUT2D eigenvalue weighted by atomic mass is 16.5. The largest absolute Gasteiger partial charge is 0.385 e. The summed E-state index contributed by atoms with van der Waals surface area (Å²) in [4.78, 5) is 0. The molecular weight excluding hydrogens is 140 g/mol. The molecule has 3 heteroatoms. The van der Waals surface area contributed by atoms with Crippen LogP contribution in [0.3, 0.4) is 0 Å². The highest BCUT2D eigenvalue weighted by molar-refractivity contribution is 5.87. The number of nitrogens with one attached hydrogen (secondary N) is 1. The molecule has 0 unspecified atom stereocenters. The summed E-state index contributed by atoms with van der Waals surface area (Å²) in [7, 11) is 1.86. The molecule has 0 fully saturated rings. The predicted molar refractivity (Wildman–Crippen MR) is 43.6 cm³/mol. The van der Waals surface area contributed by atoms with Crippen LogP contribution < -0.4 is 5.32 Å². The van der Waals surface area contributed by atoms with Gasteiger partial charge in [-0.15, -0.1) is 0 Å². The Hall–Kier alpha value is -1.51. The van der Waals surface area contributed by atoms with E-state index in [1.807, 2.05) is 25.2 Å². The SMILES string of the molecule is CNc1cccc2cnoc12. The highest BCUT2D eigenvalue weighted by Crippen LogP contribution is 2.21. The Morgan fingerprint density at radius 1 is 1.45 bits per heavy atom. The van der Waals surface area contributed by atoms with Gasteiger partial charge in [-0.25, -0.2) is 0 Å². The fourth-order valence-corrected chi connectivity index (χ4v) is 1.09. The first-order chi connectivity index (χ1) is 5.42. The van der Waals surface area contributed by atoms with E-state index in [4.69, 9.17) is 4.52 Å². The first-order valence-electron chi connectivity index (χ1n) is 3.43. The Balaban J connectivity index is 2.79. The van der Waals surface area contributed by atoms with Crippen LogP contribution in [0, 0.1) is 0 Å². The fourth-order valence-electron chi connectivity index (χ4n) is 1.09. The standard InChI is InChI=1S/C8H8N2O/c1-9-7-4-2-3-6-5-10-11-8(6)7/h2-5,9H,1H3. The molecule has 2 aromatic rings. The number of benzene rings is 1. The van der Waals surface area contributed by atoms with Crippen molar-refractivity contribution in [1.29, 1.82) is 0 Å². The third kappa shape index (κ3) is 0.852. The molecule has 0 aliphatic carbocycles. The van der Waals surface area contributed by atoms with Crippen LogP contribution in [0.5, 0.6) is 0 Å². The van der Waals surface area contributed by atoms with Crippen LogP contribution in [-0.2, 0) is 0 Å². The van der Waals surface area contributed by atoms with Crippen molar-refractivity contribution in [1.82, 2.24) is 5.16 Å². The molecule has 3 nitrogen and oxygen atoms in total. The van der Waals surface area contributed by atoms with Crippen LogP contribution in [-0.4, -0.2) is 12.2 Å². The van der Waals surface area contributed by atoms with Crippen LogP contribution in [0.15, 0.2) is 28.9 Å². The summed E-state index contributed by atoms with van der Waals surface area (Å²) in [5, 5.41) is 7.74. The van der Waals surface area contributed by atoms with Crippen molar-refractivity contribution in [2.24, 2.45) is 0 Å². The number of anilines is 1. The molecule has 2 rings (SSSR count). The van der Waals surface area contributed by atoms with Gasteiger partial charge >= 0.3 is 0 Å². The van der Waals surface area contributed by atoms with Crippen LogP contribution in [0.1, 0.15) is 0 Å². The number of hydrogen-bond acceptors (Lipinski definition) is 3.